The highest BCUT2D eigenvalue weighted by molar-refractivity contribution is 9.11. The van der Waals surface area contributed by atoms with Gasteiger partial charge in [-0.1, -0.05) is 0 Å². The van der Waals surface area contributed by atoms with Gasteiger partial charge < -0.3 is 4.90 Å². The average molecular weight is 329 g/mol. The fraction of sp³-hybridized carbons (Fsp3) is 0.167. The van der Waals surface area contributed by atoms with Crippen molar-refractivity contribution in [2.24, 2.45) is 0 Å². The summed E-state index contributed by atoms with van der Waals surface area (Å²) < 4.78 is 14.0. The number of thiophene rings is 1. The van der Waals surface area contributed by atoms with Crippen LogP contribution in [0.15, 0.2) is 33.6 Å². The molecule has 0 spiro atoms. The molecule has 0 aliphatic carbocycles. The second-order valence-electron chi connectivity index (χ2n) is 3.79. The maximum Gasteiger partial charge on any atom is 0.254 e. The zero-order valence-electron chi connectivity index (χ0n) is 9.56. The first-order chi connectivity index (χ1) is 8.56. The summed E-state index contributed by atoms with van der Waals surface area (Å²) in [6.45, 7) is 0.491. The van der Waals surface area contributed by atoms with Crippen LogP contribution in [0.5, 0.6) is 0 Å². The number of nitrogens with zero attached hydrogens (tertiary/aromatic N) is 2. The lowest BCUT2D eigenvalue weighted by atomic mass is 10.2. The molecule has 0 bridgehead atoms. The van der Waals surface area contributed by atoms with E-state index in [1.165, 1.54) is 12.3 Å². The Balaban J connectivity index is 2.09. The quantitative estimate of drug-likeness (QED) is 0.810. The van der Waals surface area contributed by atoms with Crippen molar-refractivity contribution in [3.63, 3.8) is 0 Å². The number of aromatic nitrogens is 1. The van der Waals surface area contributed by atoms with E-state index in [9.17, 15) is 9.18 Å². The molecule has 2 aromatic heterocycles. The summed E-state index contributed by atoms with van der Waals surface area (Å²) in [7, 11) is 1.69. The number of amides is 1. The van der Waals surface area contributed by atoms with Crippen LogP contribution in [0, 0.1) is 5.95 Å². The molecule has 0 fully saturated rings. The summed E-state index contributed by atoms with van der Waals surface area (Å²) in [5, 5.41) is 1.97. The Kier molecular flexibility index (Phi) is 4.08. The molecule has 6 heteroatoms. The van der Waals surface area contributed by atoms with Gasteiger partial charge in [-0.3, -0.25) is 4.79 Å². The summed E-state index contributed by atoms with van der Waals surface area (Å²) in [6, 6.07) is 4.61. The topological polar surface area (TPSA) is 33.2 Å². The number of halogens is 2. The van der Waals surface area contributed by atoms with Gasteiger partial charge in [0.25, 0.3) is 5.91 Å². The minimum atomic E-state index is -0.646. The van der Waals surface area contributed by atoms with Crippen molar-refractivity contribution in [1.82, 2.24) is 9.88 Å². The van der Waals surface area contributed by atoms with E-state index in [1.807, 2.05) is 11.4 Å². The van der Waals surface area contributed by atoms with Crippen LogP contribution in [0.25, 0.3) is 0 Å². The van der Waals surface area contributed by atoms with Crippen molar-refractivity contribution in [2.75, 3.05) is 7.05 Å². The number of carbonyl (C=O) groups is 1. The summed E-state index contributed by atoms with van der Waals surface area (Å²) in [6.07, 6.45) is 1.29. The first-order valence-corrected chi connectivity index (χ1v) is 6.83. The Hall–Kier alpha value is -1.27. The van der Waals surface area contributed by atoms with Gasteiger partial charge in [0.15, 0.2) is 0 Å². The highest BCUT2D eigenvalue weighted by atomic mass is 79.9. The average Bonchev–Trinajstić information content (AvgIpc) is 2.73. The van der Waals surface area contributed by atoms with E-state index >= 15 is 0 Å². The molecule has 2 aromatic rings. The molecule has 3 nitrogen and oxygen atoms in total. The third kappa shape index (κ3) is 3.14. The van der Waals surface area contributed by atoms with E-state index < -0.39 is 5.95 Å². The Morgan fingerprint density at radius 3 is 2.94 bits per heavy atom. The minimum absolute atomic E-state index is 0.223. The molecule has 18 heavy (non-hydrogen) atoms. The van der Waals surface area contributed by atoms with Crippen LogP contribution in [0.1, 0.15) is 15.9 Å². The summed E-state index contributed by atoms with van der Waals surface area (Å²) >= 11 is 4.94. The molecule has 0 aliphatic rings. The predicted octanol–water partition coefficient (Wildman–Crippen LogP) is 3.32. The van der Waals surface area contributed by atoms with Gasteiger partial charge in [-0.15, -0.1) is 11.3 Å². The third-order valence-corrected chi connectivity index (χ3v) is 3.91. The van der Waals surface area contributed by atoms with Crippen LogP contribution < -0.4 is 0 Å². The van der Waals surface area contributed by atoms with Crippen LogP contribution in [0.4, 0.5) is 4.39 Å². The van der Waals surface area contributed by atoms with E-state index in [4.69, 9.17) is 0 Å². The fourth-order valence-electron chi connectivity index (χ4n) is 1.53. The SMILES string of the molecule is CN(Cc1csc(Br)c1)C(=O)c1ccnc(F)c1. The van der Waals surface area contributed by atoms with E-state index in [1.54, 1.807) is 23.3 Å². The molecule has 1 amide bonds. The van der Waals surface area contributed by atoms with Crippen molar-refractivity contribution in [2.45, 2.75) is 6.54 Å². The molecule has 94 valence electrons. The van der Waals surface area contributed by atoms with Gasteiger partial charge in [-0.05, 0) is 39.0 Å². The highest BCUT2D eigenvalue weighted by Crippen LogP contribution is 2.21. The number of hydrogen-bond acceptors (Lipinski definition) is 3. The largest absolute Gasteiger partial charge is 0.337 e. The molecule has 0 aliphatic heterocycles. The Morgan fingerprint density at radius 2 is 2.33 bits per heavy atom. The van der Waals surface area contributed by atoms with E-state index in [0.717, 1.165) is 15.4 Å². The first-order valence-electron chi connectivity index (χ1n) is 5.16. The monoisotopic (exact) mass is 328 g/mol. The predicted molar refractivity (Wildman–Crippen MR) is 72.0 cm³/mol. The van der Waals surface area contributed by atoms with Gasteiger partial charge in [0.2, 0.25) is 5.95 Å². The Labute approximate surface area is 116 Å². The third-order valence-electron chi connectivity index (χ3n) is 2.36. The van der Waals surface area contributed by atoms with Crippen molar-refractivity contribution in [3.8, 4) is 0 Å². The van der Waals surface area contributed by atoms with E-state index in [-0.39, 0.29) is 5.91 Å². The van der Waals surface area contributed by atoms with Gasteiger partial charge in [-0.25, -0.2) is 4.98 Å². The Bertz CT molecular complexity index is 573. The molecule has 2 heterocycles. The number of rotatable bonds is 3. The lowest BCUT2D eigenvalue weighted by molar-refractivity contribution is 0.0784. The standard InChI is InChI=1S/C12H10BrFN2OS/c1-16(6-8-4-10(13)18-7-8)12(17)9-2-3-15-11(14)5-9/h2-5,7H,6H2,1H3. The van der Waals surface area contributed by atoms with E-state index in [0.29, 0.717) is 12.1 Å². The van der Waals surface area contributed by atoms with Crippen LogP contribution in [0.2, 0.25) is 0 Å². The molecule has 0 radical (unpaired) electrons. The number of pyridine rings is 1. The molecule has 0 saturated carbocycles. The smallest absolute Gasteiger partial charge is 0.254 e. The van der Waals surface area contributed by atoms with E-state index in [2.05, 4.69) is 20.9 Å². The van der Waals surface area contributed by atoms with Gasteiger partial charge in [0.05, 0.1) is 3.79 Å². The lowest BCUT2D eigenvalue weighted by Gasteiger charge is -2.16. The molecule has 0 saturated heterocycles. The molecule has 0 N–H and O–H groups in total. The van der Waals surface area contributed by atoms with Crippen molar-refractivity contribution in [3.05, 3.63) is 50.6 Å². The maximum absolute atomic E-state index is 12.9. The molecular weight excluding hydrogens is 319 g/mol. The van der Waals surface area contributed by atoms with Gasteiger partial charge in [0, 0.05) is 31.4 Å². The van der Waals surface area contributed by atoms with Crippen molar-refractivity contribution in [1.29, 1.82) is 0 Å². The second kappa shape index (κ2) is 5.58. The molecule has 2 rings (SSSR count). The zero-order chi connectivity index (χ0) is 13.1. The Morgan fingerprint density at radius 1 is 1.56 bits per heavy atom. The van der Waals surface area contributed by atoms with Crippen LogP contribution in [0.3, 0.4) is 0 Å². The maximum atomic E-state index is 12.9. The van der Waals surface area contributed by atoms with Gasteiger partial charge in [-0.2, -0.15) is 4.39 Å². The number of carbonyl (C=O) groups excluding carboxylic acids is 1. The second-order valence-corrected chi connectivity index (χ2v) is 6.08. The summed E-state index contributed by atoms with van der Waals surface area (Å²) in [4.78, 5) is 17.0. The van der Waals surface area contributed by atoms with Crippen molar-refractivity contribution >= 4 is 33.2 Å². The van der Waals surface area contributed by atoms with Crippen LogP contribution >= 0.6 is 27.3 Å². The van der Waals surface area contributed by atoms with Crippen LogP contribution in [-0.4, -0.2) is 22.8 Å². The number of hydrogen-bond donors (Lipinski definition) is 0. The fourth-order valence-corrected chi connectivity index (χ4v) is 2.73. The van der Waals surface area contributed by atoms with Gasteiger partial charge in [0.1, 0.15) is 0 Å². The normalized spacial score (nSPS) is 10.4. The first kappa shape index (κ1) is 13.2. The van der Waals surface area contributed by atoms with Crippen molar-refractivity contribution < 1.29 is 9.18 Å². The molecule has 0 aromatic carbocycles. The minimum Gasteiger partial charge on any atom is -0.337 e. The van der Waals surface area contributed by atoms with Crippen LogP contribution in [-0.2, 0) is 6.54 Å². The van der Waals surface area contributed by atoms with Gasteiger partial charge >= 0.3 is 0 Å². The molecular formula is C12H10BrFN2OS. The molecule has 0 atom stereocenters. The molecule has 0 unspecified atom stereocenters. The lowest BCUT2D eigenvalue weighted by Crippen LogP contribution is -2.26. The highest BCUT2D eigenvalue weighted by Gasteiger charge is 2.13. The zero-order valence-corrected chi connectivity index (χ0v) is 12.0. The summed E-state index contributed by atoms with van der Waals surface area (Å²) in [5.41, 5.74) is 1.34. The summed E-state index contributed by atoms with van der Waals surface area (Å²) in [5.74, 6) is -0.869.